The molecule has 0 unspecified atom stereocenters. The summed E-state index contributed by atoms with van der Waals surface area (Å²) in [6.45, 7) is 5.81. The number of hydrogen-bond acceptors (Lipinski definition) is 2. The van der Waals surface area contributed by atoms with Crippen LogP contribution < -0.4 is 0 Å². The van der Waals surface area contributed by atoms with Crippen LogP contribution in [0.1, 0.15) is 20.3 Å². The Bertz CT molecular complexity index is 63.9. The Kier molecular flexibility index (Phi) is 4.72. The maximum Gasteiger partial charge on any atom is 0.0638 e. The van der Waals surface area contributed by atoms with E-state index in [4.69, 9.17) is 5.11 Å². The van der Waals surface area contributed by atoms with Crippen LogP contribution in [0.25, 0.3) is 0 Å². The van der Waals surface area contributed by atoms with Crippen molar-refractivity contribution in [2.75, 3.05) is 20.1 Å². The Morgan fingerprint density at radius 3 is 2.44 bits per heavy atom. The molecule has 56 valence electrons. The number of aliphatic hydroxyl groups is 1. The first-order valence-electron chi connectivity index (χ1n) is 3.53. The van der Waals surface area contributed by atoms with Gasteiger partial charge in [-0.2, -0.15) is 0 Å². The predicted octanol–water partition coefficient (Wildman–Crippen LogP) is 0.709. The van der Waals surface area contributed by atoms with Gasteiger partial charge in [0.25, 0.3) is 0 Å². The third-order valence-corrected chi connectivity index (χ3v) is 1.18. The van der Waals surface area contributed by atoms with Crippen molar-refractivity contribution in [3.63, 3.8) is 0 Å². The molecule has 0 bridgehead atoms. The van der Waals surface area contributed by atoms with Crippen LogP contribution in [0.3, 0.4) is 0 Å². The van der Waals surface area contributed by atoms with E-state index in [-0.39, 0.29) is 6.10 Å². The number of rotatable bonds is 4. The van der Waals surface area contributed by atoms with E-state index < -0.39 is 0 Å². The molecule has 0 aromatic rings. The van der Waals surface area contributed by atoms with Crippen molar-refractivity contribution < 1.29 is 5.11 Å². The van der Waals surface area contributed by atoms with Crippen molar-refractivity contribution in [2.24, 2.45) is 0 Å². The van der Waals surface area contributed by atoms with Crippen molar-refractivity contribution in [1.82, 2.24) is 4.90 Å². The zero-order valence-electron chi connectivity index (χ0n) is 6.59. The topological polar surface area (TPSA) is 23.5 Å². The van der Waals surface area contributed by atoms with E-state index in [0.717, 1.165) is 19.5 Å². The first-order chi connectivity index (χ1) is 4.16. The molecular formula is C7H17NO. The van der Waals surface area contributed by atoms with Gasteiger partial charge >= 0.3 is 0 Å². The van der Waals surface area contributed by atoms with E-state index in [0.29, 0.717) is 0 Å². The van der Waals surface area contributed by atoms with Gasteiger partial charge in [-0.05, 0) is 26.9 Å². The van der Waals surface area contributed by atoms with Crippen LogP contribution in [0.2, 0.25) is 0 Å². The van der Waals surface area contributed by atoms with E-state index in [9.17, 15) is 0 Å². The minimum Gasteiger partial charge on any atom is -0.392 e. The van der Waals surface area contributed by atoms with Gasteiger partial charge in [0.2, 0.25) is 0 Å². The second-order valence-corrected chi connectivity index (χ2v) is 2.61. The predicted molar refractivity (Wildman–Crippen MR) is 39.5 cm³/mol. The lowest BCUT2D eigenvalue weighted by Crippen LogP contribution is -2.27. The van der Waals surface area contributed by atoms with Crippen LogP contribution in [0, 0.1) is 0 Å². The van der Waals surface area contributed by atoms with Crippen molar-refractivity contribution in [3.05, 3.63) is 0 Å². The van der Waals surface area contributed by atoms with Crippen LogP contribution in [0.15, 0.2) is 0 Å². The molecule has 0 fully saturated rings. The third kappa shape index (κ3) is 5.80. The fraction of sp³-hybridized carbons (Fsp3) is 1.00. The Labute approximate surface area is 57.5 Å². The van der Waals surface area contributed by atoms with Gasteiger partial charge in [-0.25, -0.2) is 0 Å². The lowest BCUT2D eigenvalue weighted by Gasteiger charge is -2.16. The molecular weight excluding hydrogens is 114 g/mol. The fourth-order valence-electron chi connectivity index (χ4n) is 0.924. The van der Waals surface area contributed by atoms with Crippen molar-refractivity contribution in [2.45, 2.75) is 26.4 Å². The Hall–Kier alpha value is -0.0800. The molecule has 0 aromatic carbocycles. The monoisotopic (exact) mass is 131 g/mol. The number of aliphatic hydroxyl groups excluding tert-OH is 1. The SMILES string of the molecule is CCCN(C)C[C@@H](C)O. The van der Waals surface area contributed by atoms with E-state index in [1.807, 2.05) is 14.0 Å². The molecule has 2 nitrogen and oxygen atoms in total. The largest absolute Gasteiger partial charge is 0.392 e. The summed E-state index contributed by atoms with van der Waals surface area (Å²) in [7, 11) is 2.02. The second-order valence-electron chi connectivity index (χ2n) is 2.61. The second kappa shape index (κ2) is 4.77. The third-order valence-electron chi connectivity index (χ3n) is 1.18. The molecule has 0 aliphatic rings. The van der Waals surface area contributed by atoms with Crippen molar-refractivity contribution in [1.29, 1.82) is 0 Å². The maximum atomic E-state index is 8.91. The molecule has 9 heavy (non-hydrogen) atoms. The summed E-state index contributed by atoms with van der Waals surface area (Å²) in [5.74, 6) is 0. The van der Waals surface area contributed by atoms with Crippen molar-refractivity contribution in [3.8, 4) is 0 Å². The van der Waals surface area contributed by atoms with Crippen LogP contribution in [-0.2, 0) is 0 Å². The average molecular weight is 131 g/mol. The van der Waals surface area contributed by atoms with Gasteiger partial charge in [-0.1, -0.05) is 6.92 Å². The van der Waals surface area contributed by atoms with Crippen LogP contribution in [0.5, 0.6) is 0 Å². The normalized spacial score (nSPS) is 14.3. The highest BCUT2D eigenvalue weighted by Gasteiger charge is 1.99. The van der Waals surface area contributed by atoms with Gasteiger partial charge in [0.05, 0.1) is 6.10 Å². The van der Waals surface area contributed by atoms with Crippen LogP contribution in [-0.4, -0.2) is 36.2 Å². The molecule has 1 N–H and O–H groups in total. The van der Waals surface area contributed by atoms with Crippen molar-refractivity contribution >= 4 is 0 Å². The molecule has 0 radical (unpaired) electrons. The molecule has 0 spiro atoms. The molecule has 1 atom stereocenters. The molecule has 2 heteroatoms. The highest BCUT2D eigenvalue weighted by Crippen LogP contribution is 1.88. The Balaban J connectivity index is 3.15. The summed E-state index contributed by atoms with van der Waals surface area (Å²) in [6, 6.07) is 0. The fourth-order valence-corrected chi connectivity index (χ4v) is 0.924. The van der Waals surface area contributed by atoms with Gasteiger partial charge in [0.15, 0.2) is 0 Å². The molecule has 0 rings (SSSR count). The van der Waals surface area contributed by atoms with E-state index in [1.54, 1.807) is 0 Å². The van der Waals surface area contributed by atoms with E-state index in [1.165, 1.54) is 0 Å². The first-order valence-corrected chi connectivity index (χ1v) is 3.53. The smallest absolute Gasteiger partial charge is 0.0638 e. The molecule has 0 amide bonds. The van der Waals surface area contributed by atoms with Crippen LogP contribution >= 0.6 is 0 Å². The van der Waals surface area contributed by atoms with E-state index in [2.05, 4.69) is 11.8 Å². The van der Waals surface area contributed by atoms with Gasteiger partial charge in [-0.3, -0.25) is 0 Å². The van der Waals surface area contributed by atoms with Gasteiger partial charge < -0.3 is 10.0 Å². The summed E-state index contributed by atoms with van der Waals surface area (Å²) in [4.78, 5) is 2.13. The number of nitrogens with zero attached hydrogens (tertiary/aromatic N) is 1. The summed E-state index contributed by atoms with van der Waals surface area (Å²) in [5.41, 5.74) is 0. The lowest BCUT2D eigenvalue weighted by molar-refractivity contribution is 0.141. The molecule has 0 saturated carbocycles. The molecule has 0 aliphatic carbocycles. The quantitative estimate of drug-likeness (QED) is 0.607. The molecule has 0 aliphatic heterocycles. The maximum absolute atomic E-state index is 8.91. The van der Waals surface area contributed by atoms with Crippen LogP contribution in [0.4, 0.5) is 0 Å². The summed E-state index contributed by atoms with van der Waals surface area (Å²) in [5, 5.41) is 8.91. The summed E-state index contributed by atoms with van der Waals surface area (Å²) in [6.07, 6.45) is 0.963. The molecule has 0 aromatic heterocycles. The Morgan fingerprint density at radius 2 is 2.11 bits per heavy atom. The molecule has 0 saturated heterocycles. The summed E-state index contributed by atoms with van der Waals surface area (Å²) >= 11 is 0. The average Bonchev–Trinajstić information content (AvgIpc) is 1.63. The summed E-state index contributed by atoms with van der Waals surface area (Å²) < 4.78 is 0. The molecule has 0 heterocycles. The standard InChI is InChI=1S/C7H17NO/c1-4-5-8(3)6-7(2)9/h7,9H,4-6H2,1-3H3/t7-/m1/s1. The van der Waals surface area contributed by atoms with E-state index >= 15 is 0 Å². The number of hydrogen-bond donors (Lipinski definition) is 1. The highest BCUT2D eigenvalue weighted by molar-refractivity contribution is 4.53. The Morgan fingerprint density at radius 1 is 1.56 bits per heavy atom. The van der Waals surface area contributed by atoms with Gasteiger partial charge in [0.1, 0.15) is 0 Å². The lowest BCUT2D eigenvalue weighted by atomic mass is 10.3. The first kappa shape index (κ1) is 8.92. The minimum atomic E-state index is -0.193. The zero-order valence-corrected chi connectivity index (χ0v) is 6.59. The van der Waals surface area contributed by atoms with Gasteiger partial charge in [0, 0.05) is 6.54 Å². The number of likely N-dealkylation sites (N-methyl/N-ethyl adjacent to an activating group) is 1. The zero-order chi connectivity index (χ0) is 7.28. The highest BCUT2D eigenvalue weighted by atomic mass is 16.3. The minimum absolute atomic E-state index is 0.193. The van der Waals surface area contributed by atoms with Gasteiger partial charge in [-0.15, -0.1) is 0 Å².